The molecule has 0 bridgehead atoms. The summed E-state index contributed by atoms with van der Waals surface area (Å²) in [6.45, 7) is 3.49. The lowest BCUT2D eigenvalue weighted by molar-refractivity contribution is -0.123. The van der Waals surface area contributed by atoms with Gasteiger partial charge in [-0.2, -0.15) is 0 Å². The molecule has 6 heteroatoms. The zero-order valence-electron chi connectivity index (χ0n) is 12.9. The summed E-state index contributed by atoms with van der Waals surface area (Å²) >= 11 is 0. The molecule has 6 nitrogen and oxygen atoms in total. The number of nitrogens with zero attached hydrogens (tertiary/aromatic N) is 2. The number of hydrogen-bond donors (Lipinski definition) is 1. The fourth-order valence-corrected chi connectivity index (χ4v) is 2.49. The van der Waals surface area contributed by atoms with E-state index < -0.39 is 6.10 Å². The van der Waals surface area contributed by atoms with Gasteiger partial charge in [-0.3, -0.25) is 9.59 Å². The van der Waals surface area contributed by atoms with E-state index in [1.54, 1.807) is 29.2 Å². The van der Waals surface area contributed by atoms with E-state index in [4.69, 9.17) is 4.74 Å². The van der Waals surface area contributed by atoms with E-state index in [2.05, 4.69) is 10.3 Å². The SMILES string of the molecule is CC(=O)N1C[C@H](C(=O)Nc2cccc(C)n2)Oc2ccccc21. The molecule has 1 aromatic heterocycles. The molecule has 0 spiro atoms. The Morgan fingerprint density at radius 1 is 1.22 bits per heavy atom. The molecule has 118 valence electrons. The lowest BCUT2D eigenvalue weighted by Crippen LogP contribution is -2.48. The van der Waals surface area contributed by atoms with Crippen LogP contribution in [0.2, 0.25) is 0 Å². The van der Waals surface area contributed by atoms with E-state index in [9.17, 15) is 9.59 Å². The van der Waals surface area contributed by atoms with Crippen molar-refractivity contribution in [3.63, 3.8) is 0 Å². The van der Waals surface area contributed by atoms with Gasteiger partial charge in [0.15, 0.2) is 6.10 Å². The van der Waals surface area contributed by atoms with Crippen molar-refractivity contribution in [3.05, 3.63) is 48.2 Å². The van der Waals surface area contributed by atoms with Gasteiger partial charge in [-0.15, -0.1) is 0 Å². The van der Waals surface area contributed by atoms with Crippen molar-refractivity contribution in [3.8, 4) is 5.75 Å². The highest BCUT2D eigenvalue weighted by atomic mass is 16.5. The molecule has 1 N–H and O–H groups in total. The van der Waals surface area contributed by atoms with Crippen LogP contribution in [0.15, 0.2) is 42.5 Å². The van der Waals surface area contributed by atoms with E-state index in [1.807, 2.05) is 25.1 Å². The van der Waals surface area contributed by atoms with Crippen LogP contribution in [-0.2, 0) is 9.59 Å². The third-order valence-corrected chi connectivity index (χ3v) is 3.59. The molecule has 2 aromatic rings. The maximum Gasteiger partial charge on any atom is 0.268 e. The first-order valence-corrected chi connectivity index (χ1v) is 7.33. The van der Waals surface area contributed by atoms with Crippen molar-refractivity contribution < 1.29 is 14.3 Å². The summed E-state index contributed by atoms with van der Waals surface area (Å²) in [6.07, 6.45) is -0.781. The Kier molecular flexibility index (Phi) is 3.97. The number of pyridine rings is 1. The van der Waals surface area contributed by atoms with Crippen LogP contribution < -0.4 is 15.0 Å². The summed E-state index contributed by atoms with van der Waals surface area (Å²) in [7, 11) is 0. The summed E-state index contributed by atoms with van der Waals surface area (Å²) in [5.74, 6) is 0.522. The fourth-order valence-electron chi connectivity index (χ4n) is 2.49. The monoisotopic (exact) mass is 311 g/mol. The molecule has 1 atom stereocenters. The molecule has 23 heavy (non-hydrogen) atoms. The third kappa shape index (κ3) is 3.15. The Hall–Kier alpha value is -2.89. The van der Waals surface area contributed by atoms with Crippen LogP contribution in [0.5, 0.6) is 5.75 Å². The Labute approximate surface area is 134 Å². The number of para-hydroxylation sites is 2. The van der Waals surface area contributed by atoms with E-state index in [1.165, 1.54) is 6.92 Å². The first-order chi connectivity index (χ1) is 11.0. The molecule has 0 aliphatic carbocycles. The summed E-state index contributed by atoms with van der Waals surface area (Å²) in [5, 5.41) is 2.73. The summed E-state index contributed by atoms with van der Waals surface area (Å²) in [6, 6.07) is 12.6. The van der Waals surface area contributed by atoms with Crippen LogP contribution in [0.3, 0.4) is 0 Å². The Morgan fingerprint density at radius 2 is 2.00 bits per heavy atom. The molecule has 1 aliphatic rings. The summed E-state index contributed by atoms with van der Waals surface area (Å²) in [5.41, 5.74) is 1.49. The predicted molar refractivity (Wildman–Crippen MR) is 86.5 cm³/mol. The topological polar surface area (TPSA) is 71.5 Å². The predicted octanol–water partition coefficient (Wildman–Crippen LogP) is 2.14. The second-order valence-corrected chi connectivity index (χ2v) is 5.36. The van der Waals surface area contributed by atoms with Gasteiger partial charge in [0.25, 0.3) is 5.91 Å². The van der Waals surface area contributed by atoms with Crippen LogP contribution in [-0.4, -0.2) is 29.4 Å². The summed E-state index contributed by atoms with van der Waals surface area (Å²) in [4.78, 5) is 30.1. The number of aryl methyl sites for hydroxylation is 1. The highest BCUT2D eigenvalue weighted by molar-refractivity contribution is 5.99. The fraction of sp³-hybridized carbons (Fsp3) is 0.235. The number of hydrogen-bond acceptors (Lipinski definition) is 4. The Bertz CT molecular complexity index is 760. The number of carbonyl (C=O) groups excluding carboxylic acids is 2. The standard InChI is InChI=1S/C17H17N3O3/c1-11-6-5-9-16(18-11)19-17(22)15-10-20(12(2)21)13-7-3-4-8-14(13)23-15/h3-9,15H,10H2,1-2H3,(H,18,19,22)/t15-/m1/s1. The molecular formula is C17H17N3O3. The molecule has 2 heterocycles. The van der Waals surface area contributed by atoms with E-state index in [0.717, 1.165) is 5.69 Å². The number of rotatable bonds is 2. The molecule has 1 aliphatic heterocycles. The lowest BCUT2D eigenvalue weighted by Gasteiger charge is -2.33. The Balaban J connectivity index is 1.81. The first-order valence-electron chi connectivity index (χ1n) is 7.33. The highest BCUT2D eigenvalue weighted by Gasteiger charge is 2.32. The quantitative estimate of drug-likeness (QED) is 0.922. The Morgan fingerprint density at radius 3 is 2.74 bits per heavy atom. The molecule has 0 unspecified atom stereocenters. The molecule has 3 rings (SSSR count). The van der Waals surface area contributed by atoms with Crippen molar-refractivity contribution in [2.24, 2.45) is 0 Å². The van der Waals surface area contributed by atoms with Crippen molar-refractivity contribution in [1.29, 1.82) is 0 Å². The van der Waals surface area contributed by atoms with Gasteiger partial charge < -0.3 is 15.0 Å². The molecule has 0 saturated heterocycles. The number of benzene rings is 1. The van der Waals surface area contributed by atoms with Gasteiger partial charge in [-0.1, -0.05) is 18.2 Å². The molecular weight excluding hydrogens is 294 g/mol. The number of amides is 2. The van der Waals surface area contributed by atoms with Gasteiger partial charge in [0.1, 0.15) is 11.6 Å². The van der Waals surface area contributed by atoms with Crippen molar-refractivity contribution in [2.45, 2.75) is 20.0 Å². The molecule has 0 saturated carbocycles. The second kappa shape index (κ2) is 6.08. The number of carbonyl (C=O) groups is 2. The van der Waals surface area contributed by atoms with E-state index in [-0.39, 0.29) is 18.4 Å². The minimum atomic E-state index is -0.781. The maximum absolute atomic E-state index is 12.4. The van der Waals surface area contributed by atoms with Gasteiger partial charge in [-0.05, 0) is 31.2 Å². The maximum atomic E-state index is 12.4. The van der Waals surface area contributed by atoms with Gasteiger partial charge in [0, 0.05) is 12.6 Å². The highest BCUT2D eigenvalue weighted by Crippen LogP contribution is 2.33. The number of anilines is 2. The third-order valence-electron chi connectivity index (χ3n) is 3.59. The second-order valence-electron chi connectivity index (χ2n) is 5.36. The van der Waals surface area contributed by atoms with Gasteiger partial charge in [0.05, 0.1) is 12.2 Å². The minimum absolute atomic E-state index is 0.132. The van der Waals surface area contributed by atoms with Gasteiger partial charge >= 0.3 is 0 Å². The lowest BCUT2D eigenvalue weighted by atomic mass is 10.1. The molecule has 1 aromatic carbocycles. The van der Waals surface area contributed by atoms with Gasteiger partial charge in [-0.25, -0.2) is 4.98 Å². The zero-order valence-corrected chi connectivity index (χ0v) is 12.9. The van der Waals surface area contributed by atoms with E-state index >= 15 is 0 Å². The van der Waals surface area contributed by atoms with E-state index in [0.29, 0.717) is 17.3 Å². The van der Waals surface area contributed by atoms with Crippen LogP contribution in [0.4, 0.5) is 11.5 Å². The van der Waals surface area contributed by atoms with Crippen LogP contribution in [0.1, 0.15) is 12.6 Å². The normalized spacial score (nSPS) is 16.3. The number of ether oxygens (including phenoxy) is 1. The minimum Gasteiger partial charge on any atom is -0.476 e. The number of aromatic nitrogens is 1. The average Bonchev–Trinajstić information content (AvgIpc) is 2.53. The molecule has 0 radical (unpaired) electrons. The number of nitrogens with one attached hydrogen (secondary N) is 1. The number of fused-ring (bicyclic) bond motifs is 1. The van der Waals surface area contributed by atoms with Crippen LogP contribution >= 0.6 is 0 Å². The smallest absolute Gasteiger partial charge is 0.268 e. The zero-order chi connectivity index (χ0) is 16.4. The van der Waals surface area contributed by atoms with Crippen molar-refractivity contribution in [2.75, 3.05) is 16.8 Å². The van der Waals surface area contributed by atoms with Crippen molar-refractivity contribution >= 4 is 23.3 Å². The van der Waals surface area contributed by atoms with Crippen LogP contribution in [0.25, 0.3) is 0 Å². The van der Waals surface area contributed by atoms with Crippen molar-refractivity contribution in [1.82, 2.24) is 4.98 Å². The summed E-state index contributed by atoms with van der Waals surface area (Å²) < 4.78 is 5.74. The first kappa shape index (κ1) is 15.0. The van der Waals surface area contributed by atoms with Gasteiger partial charge in [0.2, 0.25) is 5.91 Å². The average molecular weight is 311 g/mol. The molecule has 0 fully saturated rings. The largest absolute Gasteiger partial charge is 0.476 e. The molecule has 2 amide bonds. The van der Waals surface area contributed by atoms with Crippen LogP contribution in [0, 0.1) is 6.92 Å².